The molecule has 0 bridgehead atoms. The van der Waals surface area contributed by atoms with Crippen LogP contribution in [-0.4, -0.2) is 16.7 Å². The van der Waals surface area contributed by atoms with Crippen LogP contribution in [0.3, 0.4) is 0 Å². The third kappa shape index (κ3) is 4.04. The Bertz CT molecular complexity index is 1020. The zero-order chi connectivity index (χ0) is 20.1. The largest absolute Gasteiger partial charge is 0.445 e. The van der Waals surface area contributed by atoms with Gasteiger partial charge in [0, 0.05) is 17.2 Å². The molecule has 140 valence electrons. The maximum Gasteiger partial charge on any atom is 0.339 e. The normalized spacial score (nSPS) is 11.4. The molecule has 0 saturated heterocycles. The highest BCUT2D eigenvalue weighted by atomic mass is 16.6. The first kappa shape index (κ1) is 18.8. The molecular formula is C21H16N2O5. The minimum atomic E-state index is -1.19. The quantitative estimate of drug-likeness (QED) is 0.229. The summed E-state index contributed by atoms with van der Waals surface area (Å²) in [6.07, 6.45) is -1.19. The van der Waals surface area contributed by atoms with E-state index in [9.17, 15) is 19.7 Å². The lowest BCUT2D eigenvalue weighted by atomic mass is 9.99. The molecule has 0 fully saturated rings. The first-order chi connectivity index (χ1) is 13.5. The van der Waals surface area contributed by atoms with Crippen molar-refractivity contribution in [3.8, 4) is 0 Å². The van der Waals surface area contributed by atoms with Crippen LogP contribution in [0.4, 0.5) is 11.4 Å². The Morgan fingerprint density at radius 2 is 1.50 bits per heavy atom. The van der Waals surface area contributed by atoms with Crippen LogP contribution in [0.1, 0.15) is 32.4 Å². The molecule has 28 heavy (non-hydrogen) atoms. The molecule has 0 aromatic heterocycles. The molecule has 0 amide bonds. The summed E-state index contributed by atoms with van der Waals surface area (Å²) in [5, 5.41) is 11.1. The lowest BCUT2D eigenvalue weighted by Gasteiger charge is -2.17. The number of hydrogen-bond acceptors (Lipinski definition) is 6. The molecule has 0 heterocycles. The highest BCUT2D eigenvalue weighted by Crippen LogP contribution is 2.27. The molecule has 0 saturated carbocycles. The van der Waals surface area contributed by atoms with Gasteiger partial charge >= 0.3 is 5.97 Å². The van der Waals surface area contributed by atoms with Crippen LogP contribution in [0.15, 0.2) is 78.9 Å². The number of nitrogen functional groups attached to an aromatic ring is 1. The fraction of sp³-hybridized carbons (Fsp3) is 0.0476. The van der Waals surface area contributed by atoms with Gasteiger partial charge in [-0.2, -0.15) is 0 Å². The Kier molecular flexibility index (Phi) is 5.45. The van der Waals surface area contributed by atoms with Gasteiger partial charge in [-0.3, -0.25) is 14.9 Å². The van der Waals surface area contributed by atoms with Crippen LogP contribution < -0.4 is 5.73 Å². The van der Waals surface area contributed by atoms with Gasteiger partial charge < -0.3 is 10.5 Å². The predicted molar refractivity (Wildman–Crippen MR) is 103 cm³/mol. The first-order valence-corrected chi connectivity index (χ1v) is 8.36. The second-order valence-electron chi connectivity index (χ2n) is 5.96. The average molecular weight is 376 g/mol. The van der Waals surface area contributed by atoms with Crippen LogP contribution in [0.25, 0.3) is 0 Å². The van der Waals surface area contributed by atoms with Gasteiger partial charge in [0.05, 0.1) is 10.5 Å². The van der Waals surface area contributed by atoms with Gasteiger partial charge in [0.25, 0.3) is 5.69 Å². The maximum absolute atomic E-state index is 12.9. The average Bonchev–Trinajstić information content (AvgIpc) is 2.72. The molecule has 3 rings (SSSR count). The van der Waals surface area contributed by atoms with Crippen LogP contribution in [-0.2, 0) is 4.74 Å². The van der Waals surface area contributed by atoms with Gasteiger partial charge in [0.2, 0.25) is 5.78 Å². The van der Waals surface area contributed by atoms with E-state index < -0.39 is 28.5 Å². The number of hydrogen-bond donors (Lipinski definition) is 1. The van der Waals surface area contributed by atoms with Crippen LogP contribution in [0.2, 0.25) is 0 Å². The van der Waals surface area contributed by atoms with Crippen molar-refractivity contribution >= 4 is 23.1 Å². The predicted octanol–water partition coefficient (Wildman–Crippen LogP) is 3.96. The Hall–Kier alpha value is -4.00. The zero-order valence-electron chi connectivity index (χ0n) is 14.6. The molecular weight excluding hydrogens is 360 g/mol. The Morgan fingerprint density at radius 3 is 2.11 bits per heavy atom. The minimum absolute atomic E-state index is 0.0670. The summed E-state index contributed by atoms with van der Waals surface area (Å²) in [5.74, 6) is -1.26. The van der Waals surface area contributed by atoms with E-state index in [0.29, 0.717) is 11.1 Å². The van der Waals surface area contributed by atoms with Crippen molar-refractivity contribution in [3.05, 3.63) is 106 Å². The van der Waals surface area contributed by atoms with Crippen molar-refractivity contribution in [2.24, 2.45) is 0 Å². The molecule has 0 radical (unpaired) electrons. The Balaban J connectivity index is 1.94. The van der Waals surface area contributed by atoms with Gasteiger partial charge in [-0.1, -0.05) is 60.7 Å². The second-order valence-corrected chi connectivity index (χ2v) is 5.96. The van der Waals surface area contributed by atoms with Crippen molar-refractivity contribution < 1.29 is 19.2 Å². The fourth-order valence-electron chi connectivity index (χ4n) is 2.66. The molecule has 0 aliphatic rings. The number of nitrogens with two attached hydrogens (primary N) is 1. The van der Waals surface area contributed by atoms with Gasteiger partial charge in [-0.15, -0.1) is 0 Å². The Labute approximate surface area is 160 Å². The SMILES string of the molecule is Nc1ccc(C(=O)O[C@H](C(=O)c2ccccc2)c2ccccc2)cc1[N+](=O)[O-]. The number of Topliss-reactive ketones (excluding diaryl/α,β-unsaturated/α-hetero) is 1. The molecule has 0 aliphatic heterocycles. The van der Waals surface area contributed by atoms with Crippen molar-refractivity contribution in [3.63, 3.8) is 0 Å². The smallest absolute Gasteiger partial charge is 0.339 e. The number of anilines is 1. The summed E-state index contributed by atoms with van der Waals surface area (Å²) >= 11 is 0. The molecule has 7 heteroatoms. The van der Waals surface area contributed by atoms with Crippen LogP contribution >= 0.6 is 0 Å². The number of nitrogens with zero attached hydrogens (tertiary/aromatic N) is 1. The Morgan fingerprint density at radius 1 is 0.893 bits per heavy atom. The van der Waals surface area contributed by atoms with E-state index >= 15 is 0 Å². The van der Waals surface area contributed by atoms with E-state index in [0.717, 1.165) is 6.07 Å². The molecule has 3 aromatic rings. The number of benzene rings is 3. The number of rotatable bonds is 6. The third-order valence-corrected chi connectivity index (χ3v) is 4.09. The maximum atomic E-state index is 12.9. The number of nitro groups is 1. The van der Waals surface area contributed by atoms with E-state index in [1.807, 2.05) is 0 Å². The number of carbonyl (C=O) groups is 2. The number of carbonyl (C=O) groups excluding carboxylic acids is 2. The monoisotopic (exact) mass is 376 g/mol. The third-order valence-electron chi connectivity index (χ3n) is 4.09. The summed E-state index contributed by atoms with van der Waals surface area (Å²) in [7, 11) is 0. The fourth-order valence-corrected chi connectivity index (χ4v) is 2.66. The number of ether oxygens (including phenoxy) is 1. The molecule has 3 aromatic carbocycles. The summed E-state index contributed by atoms with van der Waals surface area (Å²) in [6.45, 7) is 0. The highest BCUT2D eigenvalue weighted by Gasteiger charge is 2.27. The van der Waals surface area contributed by atoms with Gasteiger partial charge in [0.1, 0.15) is 5.69 Å². The summed E-state index contributed by atoms with van der Waals surface area (Å²) in [4.78, 5) is 35.9. The van der Waals surface area contributed by atoms with E-state index in [1.54, 1.807) is 60.7 Å². The van der Waals surface area contributed by atoms with Crippen molar-refractivity contribution in [2.75, 3.05) is 5.73 Å². The summed E-state index contributed by atoms with van der Waals surface area (Å²) in [5.41, 5.74) is 5.90. The highest BCUT2D eigenvalue weighted by molar-refractivity contribution is 6.02. The second kappa shape index (κ2) is 8.13. The zero-order valence-corrected chi connectivity index (χ0v) is 14.6. The van der Waals surface area contributed by atoms with Crippen molar-refractivity contribution in [1.82, 2.24) is 0 Å². The van der Waals surface area contributed by atoms with E-state index in [2.05, 4.69) is 0 Å². The molecule has 1 atom stereocenters. The molecule has 0 aliphatic carbocycles. The molecule has 2 N–H and O–H groups in total. The minimum Gasteiger partial charge on any atom is -0.445 e. The lowest BCUT2D eigenvalue weighted by Crippen LogP contribution is -2.20. The first-order valence-electron chi connectivity index (χ1n) is 8.36. The lowest BCUT2D eigenvalue weighted by molar-refractivity contribution is -0.383. The van der Waals surface area contributed by atoms with E-state index in [1.165, 1.54) is 12.1 Å². The van der Waals surface area contributed by atoms with Crippen molar-refractivity contribution in [2.45, 2.75) is 6.10 Å². The summed E-state index contributed by atoms with van der Waals surface area (Å²) in [6, 6.07) is 20.6. The van der Waals surface area contributed by atoms with Crippen molar-refractivity contribution in [1.29, 1.82) is 0 Å². The standard InChI is InChI=1S/C21H16N2O5/c22-17-12-11-16(13-18(17)23(26)27)21(25)28-20(15-9-5-2-6-10-15)19(24)14-7-3-1-4-8-14/h1-13,20H,22H2/t20-/m0/s1. The van der Waals surface area contributed by atoms with Crippen LogP contribution in [0.5, 0.6) is 0 Å². The molecule has 7 nitrogen and oxygen atoms in total. The number of esters is 1. The van der Waals surface area contributed by atoms with Gasteiger partial charge in [-0.25, -0.2) is 4.79 Å². The van der Waals surface area contributed by atoms with E-state index in [4.69, 9.17) is 10.5 Å². The number of ketones is 1. The molecule has 0 spiro atoms. The van der Waals surface area contributed by atoms with Crippen LogP contribution in [0, 0.1) is 10.1 Å². The van der Waals surface area contributed by atoms with Gasteiger partial charge in [0.15, 0.2) is 6.10 Å². The van der Waals surface area contributed by atoms with E-state index in [-0.39, 0.29) is 11.3 Å². The molecule has 0 unspecified atom stereocenters. The van der Waals surface area contributed by atoms with Gasteiger partial charge in [-0.05, 0) is 12.1 Å². The number of nitro benzene ring substituents is 1. The topological polar surface area (TPSA) is 113 Å². The summed E-state index contributed by atoms with van der Waals surface area (Å²) < 4.78 is 5.46.